The van der Waals surface area contributed by atoms with Gasteiger partial charge in [0.25, 0.3) is 0 Å². The number of ether oxygens (including phenoxy) is 1. The van der Waals surface area contributed by atoms with Crippen molar-refractivity contribution in [1.29, 1.82) is 0 Å². The van der Waals surface area contributed by atoms with Crippen LogP contribution < -0.4 is 4.74 Å². The first-order valence-corrected chi connectivity index (χ1v) is 11.5. The van der Waals surface area contributed by atoms with Crippen molar-refractivity contribution in [2.24, 2.45) is 5.92 Å². The highest BCUT2D eigenvalue weighted by atomic mass is 16.5. The van der Waals surface area contributed by atoms with Gasteiger partial charge in [-0.15, -0.1) is 0 Å². The first-order chi connectivity index (χ1) is 13.3. The van der Waals surface area contributed by atoms with Crippen LogP contribution in [0.25, 0.3) is 10.8 Å². The van der Waals surface area contributed by atoms with Gasteiger partial charge in [-0.05, 0) is 72.9 Å². The van der Waals surface area contributed by atoms with Gasteiger partial charge in [-0.3, -0.25) is 0 Å². The molecule has 1 aliphatic rings. The quantitative estimate of drug-likeness (QED) is 0.384. The number of hydrogen-bond acceptors (Lipinski definition) is 1. The maximum atomic E-state index is 5.63. The zero-order valence-corrected chi connectivity index (χ0v) is 17.5. The summed E-state index contributed by atoms with van der Waals surface area (Å²) in [5.74, 6) is 2.73. The van der Waals surface area contributed by atoms with Crippen LogP contribution in [0.2, 0.25) is 0 Å². The molecule has 3 rings (SSSR count). The summed E-state index contributed by atoms with van der Waals surface area (Å²) < 4.78 is 5.63. The first kappa shape index (κ1) is 20.2. The highest BCUT2D eigenvalue weighted by Crippen LogP contribution is 2.38. The zero-order valence-electron chi connectivity index (χ0n) is 17.5. The molecule has 1 fully saturated rings. The highest BCUT2D eigenvalue weighted by molar-refractivity contribution is 5.84. The van der Waals surface area contributed by atoms with Gasteiger partial charge in [0.1, 0.15) is 5.75 Å². The SMILES string of the molecule is CCCCCCCC[C@H]1CC[C@H](c2ccc3cc(OCC)ccc3c2)CC1. The molecule has 0 radical (unpaired) electrons. The lowest BCUT2D eigenvalue weighted by molar-refractivity contribution is 0.302. The summed E-state index contributed by atoms with van der Waals surface area (Å²) in [7, 11) is 0. The van der Waals surface area contributed by atoms with Gasteiger partial charge in [0.2, 0.25) is 0 Å². The molecule has 0 aliphatic heterocycles. The minimum Gasteiger partial charge on any atom is -0.494 e. The van der Waals surface area contributed by atoms with Gasteiger partial charge in [0, 0.05) is 0 Å². The lowest BCUT2D eigenvalue weighted by Gasteiger charge is -2.29. The standard InChI is InChI=1S/C26H38O/c1-3-5-6-7-8-9-10-21-11-13-22(14-12-21)23-15-16-25-20-26(27-4-2)18-17-24(25)19-23/h15-22H,3-14H2,1-2H3/t21-,22-. The third kappa shape index (κ3) is 5.99. The molecule has 0 heterocycles. The Morgan fingerprint density at radius 1 is 0.778 bits per heavy atom. The van der Waals surface area contributed by atoms with E-state index < -0.39 is 0 Å². The predicted octanol–water partition coefficient (Wildman–Crippen LogP) is 8.26. The van der Waals surface area contributed by atoms with Gasteiger partial charge >= 0.3 is 0 Å². The van der Waals surface area contributed by atoms with Gasteiger partial charge < -0.3 is 4.74 Å². The van der Waals surface area contributed by atoms with E-state index in [1.54, 1.807) is 5.56 Å². The molecule has 27 heavy (non-hydrogen) atoms. The lowest BCUT2D eigenvalue weighted by Crippen LogP contribution is -2.13. The van der Waals surface area contributed by atoms with Gasteiger partial charge in [-0.2, -0.15) is 0 Å². The van der Waals surface area contributed by atoms with Crippen molar-refractivity contribution >= 4 is 10.8 Å². The van der Waals surface area contributed by atoms with Crippen LogP contribution in [-0.2, 0) is 0 Å². The molecule has 1 aliphatic carbocycles. The van der Waals surface area contributed by atoms with Gasteiger partial charge in [0.05, 0.1) is 6.61 Å². The minimum atomic E-state index is 0.728. The Hall–Kier alpha value is -1.50. The molecule has 1 heteroatoms. The van der Waals surface area contributed by atoms with Crippen LogP contribution in [-0.4, -0.2) is 6.61 Å². The van der Waals surface area contributed by atoms with Crippen molar-refractivity contribution in [3.8, 4) is 5.75 Å². The van der Waals surface area contributed by atoms with Crippen LogP contribution in [0, 0.1) is 5.92 Å². The third-order valence-corrected chi connectivity index (χ3v) is 6.43. The van der Waals surface area contributed by atoms with E-state index in [4.69, 9.17) is 4.74 Å². The van der Waals surface area contributed by atoms with Crippen LogP contribution in [0.1, 0.15) is 96.0 Å². The van der Waals surface area contributed by atoms with E-state index >= 15 is 0 Å². The topological polar surface area (TPSA) is 9.23 Å². The second kappa shape index (κ2) is 10.7. The molecule has 0 atom stereocenters. The lowest BCUT2D eigenvalue weighted by atomic mass is 9.77. The zero-order chi connectivity index (χ0) is 18.9. The number of fused-ring (bicyclic) bond motifs is 1. The largest absolute Gasteiger partial charge is 0.494 e. The molecule has 2 aromatic carbocycles. The molecule has 148 valence electrons. The van der Waals surface area contributed by atoms with Crippen molar-refractivity contribution < 1.29 is 4.74 Å². The van der Waals surface area contributed by atoms with Crippen LogP contribution in [0.4, 0.5) is 0 Å². The fourth-order valence-electron chi connectivity index (χ4n) is 4.75. The Balaban J connectivity index is 1.47. The molecular weight excluding hydrogens is 328 g/mol. The smallest absolute Gasteiger partial charge is 0.119 e. The summed E-state index contributed by atoms with van der Waals surface area (Å²) in [4.78, 5) is 0. The van der Waals surface area contributed by atoms with Crippen molar-refractivity contribution in [2.45, 2.75) is 90.4 Å². The summed E-state index contributed by atoms with van der Waals surface area (Å²) in [5.41, 5.74) is 1.55. The van der Waals surface area contributed by atoms with Crippen LogP contribution in [0.15, 0.2) is 36.4 Å². The summed E-state index contributed by atoms with van der Waals surface area (Å²) in [6.07, 6.45) is 15.7. The number of hydrogen-bond donors (Lipinski definition) is 0. The normalized spacial score (nSPS) is 20.1. The highest BCUT2D eigenvalue weighted by Gasteiger charge is 2.22. The average Bonchev–Trinajstić information content (AvgIpc) is 2.71. The Kier molecular flexibility index (Phi) is 8.05. The first-order valence-electron chi connectivity index (χ1n) is 11.5. The Morgan fingerprint density at radius 2 is 1.48 bits per heavy atom. The Morgan fingerprint density at radius 3 is 2.26 bits per heavy atom. The molecule has 0 saturated heterocycles. The van der Waals surface area contributed by atoms with Gasteiger partial charge in [-0.25, -0.2) is 0 Å². The van der Waals surface area contributed by atoms with Crippen molar-refractivity contribution in [3.05, 3.63) is 42.0 Å². The molecule has 0 spiro atoms. The maximum absolute atomic E-state index is 5.63. The van der Waals surface area contributed by atoms with E-state index in [0.717, 1.165) is 24.2 Å². The molecule has 2 aromatic rings. The fourth-order valence-corrected chi connectivity index (χ4v) is 4.75. The van der Waals surface area contributed by atoms with E-state index in [1.165, 1.54) is 81.4 Å². The van der Waals surface area contributed by atoms with E-state index in [0.29, 0.717) is 0 Å². The summed E-state index contributed by atoms with van der Waals surface area (Å²) in [6, 6.07) is 13.6. The van der Waals surface area contributed by atoms with Crippen molar-refractivity contribution in [2.75, 3.05) is 6.61 Å². The average molecular weight is 367 g/mol. The minimum absolute atomic E-state index is 0.728. The molecule has 0 N–H and O–H groups in total. The molecular formula is C26H38O. The molecule has 0 unspecified atom stereocenters. The van der Waals surface area contributed by atoms with E-state index in [-0.39, 0.29) is 0 Å². The second-order valence-electron chi connectivity index (χ2n) is 8.48. The van der Waals surface area contributed by atoms with Gasteiger partial charge in [0.15, 0.2) is 0 Å². The van der Waals surface area contributed by atoms with E-state index in [2.05, 4.69) is 43.3 Å². The molecule has 0 aromatic heterocycles. The number of benzene rings is 2. The molecule has 1 saturated carbocycles. The number of unbranched alkanes of at least 4 members (excludes halogenated alkanes) is 5. The van der Waals surface area contributed by atoms with Crippen LogP contribution >= 0.6 is 0 Å². The van der Waals surface area contributed by atoms with E-state index in [1.807, 2.05) is 6.92 Å². The monoisotopic (exact) mass is 366 g/mol. The van der Waals surface area contributed by atoms with Crippen LogP contribution in [0.5, 0.6) is 5.75 Å². The van der Waals surface area contributed by atoms with E-state index in [9.17, 15) is 0 Å². The number of rotatable bonds is 10. The summed E-state index contributed by atoms with van der Waals surface area (Å²) in [5, 5.41) is 2.65. The van der Waals surface area contributed by atoms with Gasteiger partial charge in [-0.1, -0.05) is 76.1 Å². The second-order valence-corrected chi connectivity index (χ2v) is 8.48. The van der Waals surface area contributed by atoms with Crippen LogP contribution in [0.3, 0.4) is 0 Å². The summed E-state index contributed by atoms with van der Waals surface area (Å²) >= 11 is 0. The molecule has 0 amide bonds. The molecule has 0 bridgehead atoms. The molecule has 1 nitrogen and oxygen atoms in total. The van der Waals surface area contributed by atoms with Crippen molar-refractivity contribution in [3.63, 3.8) is 0 Å². The summed E-state index contributed by atoms with van der Waals surface area (Å²) in [6.45, 7) is 5.06. The fraction of sp³-hybridized carbons (Fsp3) is 0.615. The van der Waals surface area contributed by atoms with Crippen molar-refractivity contribution in [1.82, 2.24) is 0 Å². The maximum Gasteiger partial charge on any atom is 0.119 e. The predicted molar refractivity (Wildman–Crippen MR) is 118 cm³/mol. The Labute approximate surface area is 166 Å². The Bertz CT molecular complexity index is 682. The third-order valence-electron chi connectivity index (χ3n) is 6.43.